The van der Waals surface area contributed by atoms with E-state index in [-0.39, 0.29) is 29.8 Å². The Kier molecular flexibility index (Phi) is 17.3. The fraction of sp³-hybridized carbons (Fsp3) is 0.364. The number of fused-ring (bicyclic) bond motifs is 6. The van der Waals surface area contributed by atoms with Crippen molar-refractivity contribution in [3.63, 3.8) is 0 Å². The summed E-state index contributed by atoms with van der Waals surface area (Å²) in [7, 11) is 0. The molecule has 0 bridgehead atoms. The summed E-state index contributed by atoms with van der Waals surface area (Å²) in [5, 5.41) is 19.5. The van der Waals surface area contributed by atoms with E-state index in [1.165, 1.54) is 19.3 Å². The van der Waals surface area contributed by atoms with E-state index in [1.807, 2.05) is 66.7 Å². The van der Waals surface area contributed by atoms with Crippen LogP contribution in [0.1, 0.15) is 125 Å². The number of hydrogen-bond acceptors (Lipinski definition) is 12. The van der Waals surface area contributed by atoms with Gasteiger partial charge in [0.05, 0.1) is 33.2 Å². The molecule has 19 heteroatoms. The molecule has 440 valence electrons. The first-order valence-corrected chi connectivity index (χ1v) is 30.6. The first-order valence-electron chi connectivity index (χ1n) is 30.3. The molecule has 3 aliphatic heterocycles. The molecule has 9 heterocycles. The topological polar surface area (TPSA) is 301 Å². The summed E-state index contributed by atoms with van der Waals surface area (Å²) in [5.74, 6) is 1.73. The van der Waals surface area contributed by atoms with Crippen molar-refractivity contribution in [2.45, 2.75) is 133 Å². The van der Waals surface area contributed by atoms with E-state index in [9.17, 15) is 14.4 Å². The zero-order valence-corrected chi connectivity index (χ0v) is 48.6. The number of anilines is 2. The van der Waals surface area contributed by atoms with E-state index in [2.05, 4.69) is 82.9 Å². The maximum Gasteiger partial charge on any atom is 0.253 e. The number of rotatable bonds is 7. The van der Waals surface area contributed by atoms with Crippen LogP contribution in [0.5, 0.6) is 0 Å². The highest BCUT2D eigenvalue weighted by atomic mass is 35.5. The number of carbonyl (C=O) groups excluding carboxylic acids is 3. The fourth-order valence-electron chi connectivity index (χ4n) is 12.9. The summed E-state index contributed by atoms with van der Waals surface area (Å²) < 4.78 is 0. The van der Waals surface area contributed by atoms with Crippen LogP contribution in [-0.2, 0) is 19.3 Å². The van der Waals surface area contributed by atoms with Crippen molar-refractivity contribution in [1.82, 2.24) is 45.9 Å². The Morgan fingerprint density at radius 3 is 1.12 bits per heavy atom. The quantitative estimate of drug-likeness (QED) is 0.0664. The molecule has 18 nitrogen and oxygen atoms in total. The smallest absolute Gasteiger partial charge is 0.253 e. The van der Waals surface area contributed by atoms with Crippen LogP contribution in [-0.4, -0.2) is 104 Å². The molecule has 0 spiro atoms. The van der Waals surface area contributed by atoms with Gasteiger partial charge in [0.1, 0.15) is 16.8 Å². The van der Waals surface area contributed by atoms with Gasteiger partial charge in [0, 0.05) is 142 Å². The van der Waals surface area contributed by atoms with Gasteiger partial charge < -0.3 is 64.5 Å². The average Bonchev–Trinajstić information content (AvgIpc) is 3.45. The lowest BCUT2D eigenvalue weighted by molar-refractivity contribution is 0.0937. The van der Waals surface area contributed by atoms with Crippen molar-refractivity contribution < 1.29 is 14.4 Å². The minimum atomic E-state index is -0.0232. The van der Waals surface area contributed by atoms with Crippen molar-refractivity contribution in [1.29, 1.82) is 0 Å². The molecule has 3 aliphatic carbocycles. The maximum atomic E-state index is 12.1. The summed E-state index contributed by atoms with van der Waals surface area (Å²) >= 11 is 6.02. The number of aromatic amines is 3. The number of carbonyl (C=O) groups is 3. The third kappa shape index (κ3) is 13.2. The molecule has 3 aromatic carbocycles. The van der Waals surface area contributed by atoms with Gasteiger partial charge in [0.25, 0.3) is 17.7 Å². The number of para-hydroxylation sites is 3. The second-order valence-corrected chi connectivity index (χ2v) is 24.0. The molecule has 6 aromatic heterocycles. The molecule has 2 unspecified atom stereocenters. The molecule has 0 saturated heterocycles. The normalized spacial score (nSPS) is 21.7. The highest BCUT2D eigenvalue weighted by Gasteiger charge is 2.26. The first-order chi connectivity index (χ1) is 41.3. The second-order valence-electron chi connectivity index (χ2n) is 23.6. The van der Waals surface area contributed by atoms with Gasteiger partial charge in [0.15, 0.2) is 0 Å². The molecule has 85 heavy (non-hydrogen) atoms. The number of hydrogen-bond donors (Lipinski definition) is 12. The number of amides is 3. The van der Waals surface area contributed by atoms with E-state index >= 15 is 0 Å². The van der Waals surface area contributed by atoms with Gasteiger partial charge in [-0.1, -0.05) is 72.6 Å². The average molecular weight is 1160 g/mol. The predicted molar refractivity (Wildman–Crippen MR) is 340 cm³/mol. The Balaban J connectivity index is 0.000000118. The zero-order valence-electron chi connectivity index (χ0n) is 47.8. The number of H-pyrrole nitrogens is 3. The van der Waals surface area contributed by atoms with E-state index in [1.54, 1.807) is 6.07 Å². The van der Waals surface area contributed by atoms with E-state index in [0.29, 0.717) is 49.0 Å². The maximum absolute atomic E-state index is 12.1. The van der Waals surface area contributed by atoms with E-state index in [4.69, 9.17) is 44.5 Å². The molecular formula is C66H76ClN15O3. The molecule has 3 amide bonds. The van der Waals surface area contributed by atoms with Crippen molar-refractivity contribution in [2.75, 3.05) is 30.3 Å². The van der Waals surface area contributed by atoms with Crippen molar-refractivity contribution in [3.05, 3.63) is 148 Å². The first kappa shape index (κ1) is 57.3. The van der Waals surface area contributed by atoms with Crippen molar-refractivity contribution in [2.24, 2.45) is 22.9 Å². The van der Waals surface area contributed by atoms with Crippen LogP contribution in [0.3, 0.4) is 0 Å². The van der Waals surface area contributed by atoms with Crippen LogP contribution in [0, 0.1) is 0 Å². The fourth-order valence-corrected chi connectivity index (χ4v) is 13.1. The Morgan fingerprint density at radius 1 is 0.412 bits per heavy atom. The molecule has 15 rings (SSSR count). The monoisotopic (exact) mass is 1160 g/mol. The number of nitrogens with two attached hydrogens (primary N) is 4. The Morgan fingerprint density at radius 2 is 0.765 bits per heavy atom. The van der Waals surface area contributed by atoms with Gasteiger partial charge >= 0.3 is 0 Å². The van der Waals surface area contributed by atoms with Gasteiger partial charge in [-0.3, -0.25) is 14.4 Å². The van der Waals surface area contributed by atoms with Gasteiger partial charge in [-0.2, -0.15) is 0 Å². The molecule has 3 fully saturated rings. The summed E-state index contributed by atoms with van der Waals surface area (Å²) in [5.41, 5.74) is 37.2. The zero-order chi connectivity index (χ0) is 58.6. The molecule has 0 radical (unpaired) electrons. The summed E-state index contributed by atoms with van der Waals surface area (Å²) in [4.78, 5) is 60.6. The summed E-state index contributed by atoms with van der Waals surface area (Å²) in [6, 6.07) is 38.2. The van der Waals surface area contributed by atoms with Gasteiger partial charge in [0.2, 0.25) is 0 Å². The van der Waals surface area contributed by atoms with Crippen LogP contribution in [0.25, 0.3) is 66.5 Å². The number of aromatic nitrogens is 6. The van der Waals surface area contributed by atoms with Crippen LogP contribution in [0.4, 0.5) is 11.6 Å². The lowest BCUT2D eigenvalue weighted by Gasteiger charge is -2.27. The van der Waals surface area contributed by atoms with E-state index in [0.717, 1.165) is 189 Å². The van der Waals surface area contributed by atoms with Gasteiger partial charge in [-0.25, -0.2) is 15.0 Å². The van der Waals surface area contributed by atoms with Crippen molar-refractivity contribution >= 4 is 73.7 Å². The largest absolute Gasteiger partial charge is 0.367 e. The Hall–Kier alpha value is -8.13. The molecule has 3 saturated carbocycles. The van der Waals surface area contributed by atoms with Gasteiger partial charge in [-0.15, -0.1) is 0 Å². The predicted octanol–water partition coefficient (Wildman–Crippen LogP) is 9.78. The number of nitrogens with one attached hydrogen (secondary N) is 8. The number of benzene rings is 3. The number of nitrogens with zero attached hydrogens (tertiary/aromatic N) is 3. The van der Waals surface area contributed by atoms with Crippen LogP contribution >= 0.6 is 11.6 Å². The van der Waals surface area contributed by atoms with Crippen molar-refractivity contribution in [3.8, 4) is 33.8 Å². The third-order valence-corrected chi connectivity index (χ3v) is 17.5. The SMILES string of the molecule is NC1CCCC(N)C1.N[C@@H]1CCC[C@H](Nc2ccc3cccc(-c4cc5c([nH]4)CCNC5=O)c3n2)C1.N[C@H]1CCC[C@H](Nc2ccc3cccc(-c4cc5c([nH]4)CCNC5=O)c3n2)C1.O=C1NCCc2[nH]c(-c3cccc4ccc(Cl)nc34)cc21. The Labute approximate surface area is 499 Å². The number of halogens is 1. The lowest BCUT2D eigenvalue weighted by atomic mass is 9.91. The lowest BCUT2D eigenvalue weighted by Crippen LogP contribution is -2.35. The molecule has 6 atom stereocenters. The molecular weight excluding hydrogens is 1090 g/mol. The van der Waals surface area contributed by atoms with E-state index < -0.39 is 0 Å². The highest BCUT2D eigenvalue weighted by Crippen LogP contribution is 2.35. The molecule has 16 N–H and O–H groups in total. The van der Waals surface area contributed by atoms with Crippen LogP contribution < -0.4 is 49.5 Å². The minimum absolute atomic E-state index is 0.00654. The molecule has 9 aromatic rings. The minimum Gasteiger partial charge on any atom is -0.367 e. The third-order valence-electron chi connectivity index (χ3n) is 17.3. The Bertz CT molecular complexity index is 3730. The standard InChI is InChI=1S/2C22H25N5O.C16H12ClN3O.C6H14N2/c2*23-14-4-2-5-15(11-14)25-20-8-7-13-3-1-6-16(21(13)27-20)19-12-17-18(26-19)9-10-24-22(17)28;17-14-5-4-9-2-1-3-10(15(9)20-14)13-8-11-12(19-13)6-7-18-16(11)21;7-5-2-1-3-6(8)4-5/h2*1,3,6-8,12,14-15,26H,2,4-5,9-11,23H2,(H,24,28)(H,25,27);1-5,8,19H,6-7H2,(H,18,21);5-6H,1-4,7-8H2/t14-,15+;14-,15-;;/m10../s1. The van der Waals surface area contributed by atoms with Crippen LogP contribution in [0.15, 0.2) is 109 Å². The summed E-state index contributed by atoms with van der Waals surface area (Å²) in [6.45, 7) is 2.03. The number of pyridine rings is 3. The summed E-state index contributed by atoms with van der Waals surface area (Å²) in [6.07, 6.45) is 15.9. The highest BCUT2D eigenvalue weighted by molar-refractivity contribution is 6.30. The second kappa shape index (κ2) is 25.6. The molecule has 6 aliphatic rings. The van der Waals surface area contributed by atoms with Gasteiger partial charge in [-0.05, 0) is 125 Å². The van der Waals surface area contributed by atoms with Crippen LogP contribution in [0.2, 0.25) is 5.15 Å².